The van der Waals surface area contributed by atoms with Gasteiger partial charge in [0.15, 0.2) is 0 Å². The zero-order valence-electron chi connectivity index (χ0n) is 17.2. The third-order valence-electron chi connectivity index (χ3n) is 5.11. The van der Waals surface area contributed by atoms with Crippen LogP contribution in [0.2, 0.25) is 0 Å². The number of urea groups is 1. The van der Waals surface area contributed by atoms with Crippen molar-refractivity contribution in [2.45, 2.75) is 38.5 Å². The van der Waals surface area contributed by atoms with Crippen LogP contribution in [-0.4, -0.2) is 53.7 Å². The number of nitrogens with one attached hydrogen (secondary N) is 2. The van der Waals surface area contributed by atoms with Gasteiger partial charge in [-0.1, -0.05) is 30.3 Å². The van der Waals surface area contributed by atoms with Gasteiger partial charge in [0.25, 0.3) is 5.91 Å². The van der Waals surface area contributed by atoms with Gasteiger partial charge < -0.3 is 25.4 Å². The molecule has 0 aromatic heterocycles. The summed E-state index contributed by atoms with van der Waals surface area (Å²) < 4.78 is 5.75. The number of nitrogens with zero attached hydrogens (tertiary/aromatic N) is 1. The van der Waals surface area contributed by atoms with E-state index in [4.69, 9.17) is 4.74 Å². The third kappa shape index (κ3) is 5.97. The first-order chi connectivity index (χ1) is 14.6. The molecule has 2 atom stereocenters. The lowest BCUT2D eigenvalue weighted by molar-refractivity contribution is 0.0809. The van der Waals surface area contributed by atoms with Crippen molar-refractivity contribution >= 4 is 11.9 Å². The molecule has 0 spiro atoms. The molecule has 3 rings (SSSR count). The number of carbonyl (C=O) groups is 2. The molecule has 1 saturated heterocycles. The maximum atomic E-state index is 12.7. The molecule has 2 aromatic carbocycles. The van der Waals surface area contributed by atoms with E-state index in [0.29, 0.717) is 43.9 Å². The average molecular weight is 412 g/mol. The van der Waals surface area contributed by atoms with Crippen LogP contribution in [0.15, 0.2) is 54.6 Å². The highest BCUT2D eigenvalue weighted by Gasteiger charge is 2.29. The van der Waals surface area contributed by atoms with Crippen molar-refractivity contribution in [3.05, 3.63) is 65.7 Å². The molecular weight excluding hydrogens is 382 g/mol. The van der Waals surface area contributed by atoms with Gasteiger partial charge in [0, 0.05) is 25.2 Å². The zero-order valence-corrected chi connectivity index (χ0v) is 17.2. The lowest BCUT2D eigenvalue weighted by atomic mass is 10.1. The summed E-state index contributed by atoms with van der Waals surface area (Å²) in [6.45, 7) is 3.68. The number of amides is 3. The first-order valence-corrected chi connectivity index (χ1v) is 10.4. The average Bonchev–Trinajstić information content (AvgIpc) is 2.95. The molecule has 1 fully saturated rings. The van der Waals surface area contributed by atoms with E-state index >= 15 is 0 Å². The van der Waals surface area contributed by atoms with Crippen LogP contribution in [0.25, 0.3) is 0 Å². The highest BCUT2D eigenvalue weighted by atomic mass is 16.5. The Labute approximate surface area is 177 Å². The van der Waals surface area contributed by atoms with Gasteiger partial charge in [0.1, 0.15) is 12.4 Å². The normalized spacial score (nSPS) is 18.9. The van der Waals surface area contributed by atoms with Crippen LogP contribution in [0.5, 0.6) is 5.75 Å². The van der Waals surface area contributed by atoms with E-state index in [1.54, 1.807) is 29.2 Å². The molecule has 1 aliphatic rings. The molecule has 7 nitrogen and oxygen atoms in total. The zero-order chi connectivity index (χ0) is 21.3. The maximum Gasteiger partial charge on any atom is 0.317 e. The second-order valence-electron chi connectivity index (χ2n) is 7.37. The smallest absolute Gasteiger partial charge is 0.317 e. The molecule has 3 N–H and O–H groups in total. The van der Waals surface area contributed by atoms with Crippen molar-refractivity contribution in [1.29, 1.82) is 0 Å². The number of hydrogen-bond acceptors (Lipinski definition) is 4. The van der Waals surface area contributed by atoms with Gasteiger partial charge in [-0.2, -0.15) is 0 Å². The highest BCUT2D eigenvalue weighted by molar-refractivity contribution is 5.94. The number of benzene rings is 2. The fourth-order valence-electron chi connectivity index (χ4n) is 3.43. The predicted molar refractivity (Wildman–Crippen MR) is 114 cm³/mol. The highest BCUT2D eigenvalue weighted by Crippen LogP contribution is 2.16. The number of likely N-dealkylation sites (tertiary alicyclic amines) is 1. The Kier molecular flexibility index (Phi) is 7.68. The Balaban J connectivity index is 1.57. The molecule has 1 heterocycles. The van der Waals surface area contributed by atoms with Gasteiger partial charge in [-0.3, -0.25) is 4.79 Å². The van der Waals surface area contributed by atoms with Gasteiger partial charge in [-0.05, 0) is 49.6 Å². The fraction of sp³-hybridized carbons (Fsp3) is 0.391. The van der Waals surface area contributed by atoms with E-state index in [2.05, 4.69) is 10.6 Å². The summed E-state index contributed by atoms with van der Waals surface area (Å²) in [5.74, 6) is 0.388. The first kappa shape index (κ1) is 21.6. The fourth-order valence-corrected chi connectivity index (χ4v) is 3.43. The van der Waals surface area contributed by atoms with Gasteiger partial charge >= 0.3 is 6.03 Å². The minimum atomic E-state index is -0.693. The summed E-state index contributed by atoms with van der Waals surface area (Å²) in [6.07, 6.45) is 0.535. The van der Waals surface area contributed by atoms with Crippen molar-refractivity contribution in [1.82, 2.24) is 15.5 Å². The van der Waals surface area contributed by atoms with Crippen molar-refractivity contribution in [3.63, 3.8) is 0 Å². The topological polar surface area (TPSA) is 90.9 Å². The van der Waals surface area contributed by atoms with Crippen molar-refractivity contribution in [3.8, 4) is 5.75 Å². The molecule has 2 aromatic rings. The van der Waals surface area contributed by atoms with Gasteiger partial charge in [-0.15, -0.1) is 0 Å². The molecular formula is C23H29N3O4. The molecule has 0 aliphatic carbocycles. The SMILES string of the molecule is CCNC(=O)N1CCCC(O)C(NC(=O)c2ccc(OCc3ccccc3)cc2)C1. The van der Waals surface area contributed by atoms with E-state index in [-0.39, 0.29) is 18.5 Å². The van der Waals surface area contributed by atoms with Gasteiger partial charge in [-0.25, -0.2) is 4.79 Å². The Morgan fingerprint density at radius 3 is 2.57 bits per heavy atom. The van der Waals surface area contributed by atoms with Gasteiger partial charge in [0.05, 0.1) is 12.1 Å². The number of carbonyl (C=O) groups excluding carboxylic acids is 2. The molecule has 1 aliphatic heterocycles. The number of hydrogen-bond donors (Lipinski definition) is 3. The third-order valence-corrected chi connectivity index (χ3v) is 5.11. The summed E-state index contributed by atoms with van der Waals surface area (Å²) in [4.78, 5) is 26.5. The molecule has 0 saturated carbocycles. The maximum absolute atomic E-state index is 12.7. The summed E-state index contributed by atoms with van der Waals surface area (Å²) >= 11 is 0. The largest absolute Gasteiger partial charge is 0.489 e. The number of aliphatic hydroxyl groups excluding tert-OH is 1. The van der Waals surface area contributed by atoms with E-state index in [9.17, 15) is 14.7 Å². The van der Waals surface area contributed by atoms with Crippen molar-refractivity contribution in [2.24, 2.45) is 0 Å². The van der Waals surface area contributed by atoms with Crippen LogP contribution >= 0.6 is 0 Å². The quantitative estimate of drug-likeness (QED) is 0.681. The molecule has 0 bridgehead atoms. The van der Waals surface area contributed by atoms with Crippen LogP contribution in [0.4, 0.5) is 4.79 Å². The van der Waals surface area contributed by atoms with Crippen LogP contribution in [0, 0.1) is 0 Å². The van der Waals surface area contributed by atoms with Crippen molar-refractivity contribution < 1.29 is 19.4 Å². The Bertz CT molecular complexity index is 826. The summed E-state index contributed by atoms with van der Waals surface area (Å²) in [6, 6.07) is 16.1. The molecule has 7 heteroatoms. The molecule has 3 amide bonds. The molecule has 30 heavy (non-hydrogen) atoms. The predicted octanol–water partition coefficient (Wildman–Crippen LogP) is 2.55. The molecule has 160 valence electrons. The molecule has 0 radical (unpaired) electrons. The van der Waals surface area contributed by atoms with Crippen LogP contribution in [0.3, 0.4) is 0 Å². The molecule has 2 unspecified atom stereocenters. The monoisotopic (exact) mass is 411 g/mol. The summed E-state index contributed by atoms with van der Waals surface area (Å²) in [7, 11) is 0. The van der Waals surface area contributed by atoms with Crippen LogP contribution < -0.4 is 15.4 Å². The van der Waals surface area contributed by atoms with E-state index in [1.165, 1.54) is 0 Å². The minimum Gasteiger partial charge on any atom is -0.489 e. The summed E-state index contributed by atoms with van der Waals surface area (Å²) in [5, 5.41) is 16.1. The van der Waals surface area contributed by atoms with E-state index < -0.39 is 12.1 Å². The van der Waals surface area contributed by atoms with Gasteiger partial charge in [0.2, 0.25) is 0 Å². The standard InChI is InChI=1S/C23H29N3O4/c1-2-24-23(29)26-14-6-9-21(27)20(15-26)25-22(28)18-10-12-19(13-11-18)30-16-17-7-4-3-5-8-17/h3-5,7-8,10-13,20-21,27H,2,6,9,14-16H2,1H3,(H,24,29)(H,25,28). The van der Waals surface area contributed by atoms with E-state index in [0.717, 1.165) is 5.56 Å². The Hall–Kier alpha value is -3.06. The lowest BCUT2D eigenvalue weighted by Gasteiger charge is -2.27. The first-order valence-electron chi connectivity index (χ1n) is 10.4. The van der Waals surface area contributed by atoms with Crippen LogP contribution in [0.1, 0.15) is 35.7 Å². The lowest BCUT2D eigenvalue weighted by Crippen LogP contribution is -2.51. The minimum absolute atomic E-state index is 0.175. The second kappa shape index (κ2) is 10.6. The van der Waals surface area contributed by atoms with Crippen LogP contribution in [-0.2, 0) is 6.61 Å². The Morgan fingerprint density at radius 2 is 1.87 bits per heavy atom. The Morgan fingerprint density at radius 1 is 1.13 bits per heavy atom. The van der Waals surface area contributed by atoms with E-state index in [1.807, 2.05) is 37.3 Å². The summed E-state index contributed by atoms with van der Waals surface area (Å²) in [5.41, 5.74) is 1.54. The number of aliphatic hydroxyl groups is 1. The second-order valence-corrected chi connectivity index (χ2v) is 7.37. The number of ether oxygens (including phenoxy) is 1. The number of rotatable bonds is 6. The van der Waals surface area contributed by atoms with Crippen molar-refractivity contribution in [2.75, 3.05) is 19.6 Å².